The van der Waals surface area contributed by atoms with Crippen molar-refractivity contribution >= 4 is 33.2 Å². The number of hydrogen-bond acceptors (Lipinski definition) is 4. The van der Waals surface area contributed by atoms with Gasteiger partial charge in [0.25, 0.3) is 0 Å². The molecule has 2 aromatic rings. The third kappa shape index (κ3) is 5.87. The smallest absolute Gasteiger partial charge is 0.243 e. The number of para-hydroxylation sites is 1. The maximum absolute atomic E-state index is 12.5. The zero-order chi connectivity index (χ0) is 20.0. The van der Waals surface area contributed by atoms with Crippen molar-refractivity contribution in [2.45, 2.75) is 19.9 Å². The lowest BCUT2D eigenvalue weighted by Gasteiger charge is -2.28. The normalized spacial score (nSPS) is 12.3. The molecule has 6 nitrogen and oxygen atoms in total. The van der Waals surface area contributed by atoms with Gasteiger partial charge in [0.1, 0.15) is 18.4 Å². The highest BCUT2D eigenvalue weighted by Gasteiger charge is 2.29. The number of carbonyl (C=O) groups excluding carboxylic acids is 1. The molecule has 0 aliphatic carbocycles. The topological polar surface area (TPSA) is 75.7 Å². The number of amides is 1. The van der Waals surface area contributed by atoms with Crippen LogP contribution in [0.2, 0.25) is 5.02 Å². The van der Waals surface area contributed by atoms with Gasteiger partial charge in [-0.25, -0.2) is 8.42 Å². The summed E-state index contributed by atoms with van der Waals surface area (Å²) in [5.74, 6) is 0.324. The van der Waals surface area contributed by atoms with Crippen LogP contribution in [-0.4, -0.2) is 39.8 Å². The van der Waals surface area contributed by atoms with Crippen LogP contribution >= 0.6 is 11.6 Å². The van der Waals surface area contributed by atoms with Crippen molar-refractivity contribution in [2.24, 2.45) is 0 Å². The number of benzene rings is 2. The fourth-order valence-electron chi connectivity index (χ4n) is 2.62. The number of nitrogens with zero attached hydrogens (tertiary/aromatic N) is 1. The second-order valence-electron chi connectivity index (χ2n) is 6.12. The molecule has 0 radical (unpaired) electrons. The fourth-order valence-corrected chi connectivity index (χ4v) is 3.97. The number of rotatable bonds is 8. The van der Waals surface area contributed by atoms with E-state index >= 15 is 0 Å². The Morgan fingerprint density at radius 1 is 1.22 bits per heavy atom. The highest BCUT2D eigenvalue weighted by atomic mass is 35.5. The second kappa shape index (κ2) is 9.10. The van der Waals surface area contributed by atoms with Crippen molar-refractivity contribution in [1.82, 2.24) is 5.32 Å². The Labute approximate surface area is 165 Å². The Morgan fingerprint density at radius 3 is 2.56 bits per heavy atom. The fraction of sp³-hybridized carbons (Fsp3) is 0.316. The van der Waals surface area contributed by atoms with E-state index in [0.717, 1.165) is 21.9 Å². The van der Waals surface area contributed by atoms with Crippen LogP contribution in [0.5, 0.6) is 5.75 Å². The molecule has 1 N–H and O–H groups in total. The van der Waals surface area contributed by atoms with E-state index in [0.29, 0.717) is 10.7 Å². The molecule has 8 heteroatoms. The summed E-state index contributed by atoms with van der Waals surface area (Å²) < 4.78 is 31.1. The summed E-state index contributed by atoms with van der Waals surface area (Å²) >= 11 is 5.96. The minimum atomic E-state index is -3.68. The third-order valence-electron chi connectivity index (χ3n) is 3.90. The zero-order valence-electron chi connectivity index (χ0n) is 15.5. The standard InChI is InChI=1S/C19H23ClN2O4S/c1-14-7-4-5-10-18(14)26-12-11-21-19(23)15(2)22(27(3,24)25)17-9-6-8-16(20)13-17/h4-10,13,15H,11-12H2,1-3H3,(H,21,23)/t15-/m1/s1. The largest absolute Gasteiger partial charge is 0.491 e. The van der Waals surface area contributed by atoms with Crippen molar-refractivity contribution in [3.63, 3.8) is 0 Å². The minimum Gasteiger partial charge on any atom is -0.491 e. The first kappa shape index (κ1) is 21.1. The first-order valence-electron chi connectivity index (χ1n) is 8.41. The second-order valence-corrected chi connectivity index (χ2v) is 8.42. The molecular formula is C19H23ClN2O4S. The number of hydrogen-bond donors (Lipinski definition) is 1. The highest BCUT2D eigenvalue weighted by Crippen LogP contribution is 2.24. The van der Waals surface area contributed by atoms with Crippen LogP contribution in [0.1, 0.15) is 12.5 Å². The van der Waals surface area contributed by atoms with Gasteiger partial charge in [0.2, 0.25) is 15.9 Å². The van der Waals surface area contributed by atoms with Gasteiger partial charge in [0.15, 0.2) is 0 Å². The van der Waals surface area contributed by atoms with Crippen LogP contribution in [0.15, 0.2) is 48.5 Å². The lowest BCUT2D eigenvalue weighted by atomic mass is 10.2. The van der Waals surface area contributed by atoms with E-state index in [2.05, 4.69) is 5.32 Å². The van der Waals surface area contributed by atoms with E-state index in [4.69, 9.17) is 16.3 Å². The van der Waals surface area contributed by atoms with E-state index in [1.165, 1.54) is 13.0 Å². The van der Waals surface area contributed by atoms with Crippen molar-refractivity contribution in [3.8, 4) is 5.75 Å². The first-order valence-corrected chi connectivity index (χ1v) is 10.6. The quantitative estimate of drug-likeness (QED) is 0.679. The monoisotopic (exact) mass is 410 g/mol. The molecular weight excluding hydrogens is 388 g/mol. The molecule has 0 saturated carbocycles. The number of sulfonamides is 1. The van der Waals surface area contributed by atoms with Crippen molar-refractivity contribution in [3.05, 3.63) is 59.1 Å². The highest BCUT2D eigenvalue weighted by molar-refractivity contribution is 7.92. The third-order valence-corrected chi connectivity index (χ3v) is 5.38. The summed E-state index contributed by atoms with van der Waals surface area (Å²) in [7, 11) is -3.68. The molecule has 1 atom stereocenters. The van der Waals surface area contributed by atoms with Crippen molar-refractivity contribution < 1.29 is 17.9 Å². The lowest BCUT2D eigenvalue weighted by Crippen LogP contribution is -2.48. The van der Waals surface area contributed by atoms with E-state index in [9.17, 15) is 13.2 Å². The first-order chi connectivity index (χ1) is 12.7. The van der Waals surface area contributed by atoms with Gasteiger partial charge in [-0.2, -0.15) is 0 Å². The average molecular weight is 411 g/mol. The van der Waals surface area contributed by atoms with Gasteiger partial charge >= 0.3 is 0 Å². The van der Waals surface area contributed by atoms with Gasteiger partial charge in [-0.05, 0) is 43.7 Å². The van der Waals surface area contributed by atoms with Crippen LogP contribution in [0.3, 0.4) is 0 Å². The van der Waals surface area contributed by atoms with Crippen molar-refractivity contribution in [2.75, 3.05) is 23.7 Å². The van der Waals surface area contributed by atoms with Gasteiger partial charge in [-0.3, -0.25) is 9.10 Å². The Balaban J connectivity index is 2.00. The predicted octanol–water partition coefficient (Wildman–Crippen LogP) is 3.00. The van der Waals surface area contributed by atoms with Crippen molar-refractivity contribution in [1.29, 1.82) is 0 Å². The zero-order valence-corrected chi connectivity index (χ0v) is 17.0. The van der Waals surface area contributed by atoms with E-state index in [-0.39, 0.29) is 13.2 Å². The summed E-state index contributed by atoms with van der Waals surface area (Å²) in [6.45, 7) is 3.99. The number of ether oxygens (including phenoxy) is 1. The number of anilines is 1. The Hall–Kier alpha value is -2.25. The lowest BCUT2D eigenvalue weighted by molar-refractivity contribution is -0.121. The SMILES string of the molecule is Cc1ccccc1OCCNC(=O)[C@@H](C)N(c1cccc(Cl)c1)S(C)(=O)=O. The Morgan fingerprint density at radius 2 is 1.93 bits per heavy atom. The van der Waals surface area contributed by atoms with E-state index < -0.39 is 22.0 Å². The van der Waals surface area contributed by atoms with Gasteiger partial charge in [-0.1, -0.05) is 35.9 Å². The molecule has 0 saturated heterocycles. The minimum absolute atomic E-state index is 0.255. The van der Waals surface area contributed by atoms with Gasteiger partial charge in [0.05, 0.1) is 18.5 Å². The summed E-state index contributed by atoms with van der Waals surface area (Å²) in [6.07, 6.45) is 1.05. The van der Waals surface area contributed by atoms with E-state index in [1.807, 2.05) is 31.2 Å². The molecule has 146 valence electrons. The molecule has 0 spiro atoms. The Kier molecular flexibility index (Phi) is 7.10. The van der Waals surface area contributed by atoms with E-state index in [1.54, 1.807) is 18.2 Å². The maximum Gasteiger partial charge on any atom is 0.243 e. The molecule has 0 aliphatic rings. The number of nitrogens with one attached hydrogen (secondary N) is 1. The molecule has 2 rings (SSSR count). The summed E-state index contributed by atoms with van der Waals surface area (Å²) in [5.41, 5.74) is 1.34. The molecule has 0 heterocycles. The van der Waals surface area contributed by atoms with Crippen LogP contribution in [0.4, 0.5) is 5.69 Å². The van der Waals surface area contributed by atoms with Crippen LogP contribution in [-0.2, 0) is 14.8 Å². The molecule has 27 heavy (non-hydrogen) atoms. The van der Waals surface area contributed by atoms with Crippen LogP contribution in [0, 0.1) is 6.92 Å². The summed E-state index contributed by atoms with van der Waals surface area (Å²) in [5, 5.41) is 3.10. The molecule has 0 bridgehead atoms. The maximum atomic E-state index is 12.5. The number of aryl methyl sites for hydroxylation is 1. The van der Waals surface area contributed by atoms with Crippen LogP contribution in [0.25, 0.3) is 0 Å². The van der Waals surface area contributed by atoms with Gasteiger partial charge in [-0.15, -0.1) is 0 Å². The molecule has 1 amide bonds. The molecule has 0 unspecified atom stereocenters. The Bertz CT molecular complexity index is 902. The summed E-state index contributed by atoms with van der Waals surface area (Å²) in [4.78, 5) is 12.5. The number of halogens is 1. The van der Waals surface area contributed by atoms with Crippen LogP contribution < -0.4 is 14.4 Å². The average Bonchev–Trinajstić information content (AvgIpc) is 2.59. The number of carbonyl (C=O) groups is 1. The molecule has 0 aliphatic heterocycles. The predicted molar refractivity (Wildman–Crippen MR) is 108 cm³/mol. The molecule has 0 fully saturated rings. The van der Waals surface area contributed by atoms with Gasteiger partial charge < -0.3 is 10.1 Å². The van der Waals surface area contributed by atoms with Gasteiger partial charge in [0, 0.05) is 5.02 Å². The molecule has 0 aromatic heterocycles. The molecule has 2 aromatic carbocycles. The summed E-state index contributed by atoms with van der Waals surface area (Å²) in [6, 6.07) is 13.0.